The predicted octanol–water partition coefficient (Wildman–Crippen LogP) is 5.87. The van der Waals surface area contributed by atoms with Crippen LogP contribution in [0.15, 0.2) is 42.5 Å². The van der Waals surface area contributed by atoms with Gasteiger partial charge in [-0.2, -0.15) is 0 Å². The second-order valence-corrected chi connectivity index (χ2v) is 8.20. The molecule has 1 saturated heterocycles. The van der Waals surface area contributed by atoms with Crippen LogP contribution < -0.4 is 9.64 Å². The first-order valence-corrected chi connectivity index (χ1v) is 10.9. The molecule has 0 spiro atoms. The first kappa shape index (κ1) is 24.8. The van der Waals surface area contributed by atoms with E-state index in [0.29, 0.717) is 16.5 Å². The molecule has 30 heavy (non-hydrogen) atoms. The van der Waals surface area contributed by atoms with Gasteiger partial charge in [0.1, 0.15) is 5.75 Å². The Hall–Kier alpha value is -1.46. The summed E-state index contributed by atoms with van der Waals surface area (Å²) in [7, 11) is 1.68. The molecule has 0 atom stereocenters. The number of piperidine rings is 1. The van der Waals surface area contributed by atoms with Gasteiger partial charge in [-0.1, -0.05) is 42.3 Å². The predicted molar refractivity (Wildman–Crippen MR) is 128 cm³/mol. The maximum atomic E-state index is 12.7. The average Bonchev–Trinajstić information content (AvgIpc) is 2.76. The molecule has 3 rings (SSSR count). The Balaban J connectivity index is 0.00000320. The molecule has 0 unspecified atom stereocenters. The number of methoxy groups -OCH3 is 1. The lowest BCUT2D eigenvalue weighted by atomic mass is 10.0. The maximum absolute atomic E-state index is 12.7. The fraction of sp³-hybridized carbons (Fsp3) is 0.435. The van der Waals surface area contributed by atoms with E-state index in [4.69, 9.17) is 27.9 Å². The third-order valence-electron chi connectivity index (χ3n) is 5.55. The Morgan fingerprint density at radius 3 is 2.33 bits per heavy atom. The van der Waals surface area contributed by atoms with Gasteiger partial charge in [0.2, 0.25) is 5.91 Å². The molecule has 1 aliphatic rings. The van der Waals surface area contributed by atoms with Crippen LogP contribution in [0.5, 0.6) is 5.75 Å². The summed E-state index contributed by atoms with van der Waals surface area (Å²) in [6, 6.07) is 13.9. The normalized spacial score (nSPS) is 14.8. The topological polar surface area (TPSA) is 32.8 Å². The minimum Gasteiger partial charge on any atom is -0.497 e. The molecule has 0 radical (unpaired) electrons. The van der Waals surface area contributed by atoms with Gasteiger partial charge in [-0.25, -0.2) is 0 Å². The largest absolute Gasteiger partial charge is 0.497 e. The Bertz CT molecular complexity index is 822. The van der Waals surface area contributed by atoms with Gasteiger partial charge in [0, 0.05) is 37.8 Å². The number of hydrogen-bond acceptors (Lipinski definition) is 3. The van der Waals surface area contributed by atoms with Gasteiger partial charge in [0.25, 0.3) is 0 Å². The van der Waals surface area contributed by atoms with Crippen molar-refractivity contribution < 1.29 is 9.53 Å². The van der Waals surface area contributed by atoms with Crippen LogP contribution >= 0.6 is 35.6 Å². The highest BCUT2D eigenvalue weighted by atomic mass is 35.5. The van der Waals surface area contributed by atoms with Crippen molar-refractivity contribution >= 4 is 47.2 Å². The van der Waals surface area contributed by atoms with Crippen LogP contribution in [0, 0.1) is 0 Å². The highest BCUT2D eigenvalue weighted by Gasteiger charge is 2.28. The Morgan fingerprint density at radius 1 is 1.10 bits per heavy atom. The van der Waals surface area contributed by atoms with Crippen LogP contribution in [-0.2, 0) is 11.2 Å². The maximum Gasteiger partial charge on any atom is 0.226 e. The Morgan fingerprint density at radius 2 is 1.77 bits per heavy atom. The van der Waals surface area contributed by atoms with Crippen molar-refractivity contribution in [3.63, 3.8) is 0 Å². The van der Waals surface area contributed by atoms with E-state index in [2.05, 4.69) is 17.0 Å². The highest BCUT2D eigenvalue weighted by Crippen LogP contribution is 2.31. The van der Waals surface area contributed by atoms with E-state index in [1.54, 1.807) is 19.2 Å². The van der Waals surface area contributed by atoms with E-state index in [-0.39, 0.29) is 24.4 Å². The number of hydrogen-bond donors (Lipinski definition) is 0. The molecule has 1 amide bonds. The number of halogens is 3. The number of nitrogens with zero attached hydrogens (tertiary/aromatic N) is 2. The van der Waals surface area contributed by atoms with Gasteiger partial charge in [0.05, 0.1) is 17.2 Å². The summed E-state index contributed by atoms with van der Waals surface area (Å²) in [5, 5.41) is 0.989. The molecule has 1 heterocycles. The first-order chi connectivity index (χ1) is 14.0. The second kappa shape index (κ2) is 11.8. The lowest BCUT2D eigenvalue weighted by Gasteiger charge is -2.38. The smallest absolute Gasteiger partial charge is 0.226 e. The summed E-state index contributed by atoms with van der Waals surface area (Å²) in [5.41, 5.74) is 2.15. The van der Waals surface area contributed by atoms with Crippen molar-refractivity contribution in [3.05, 3.63) is 58.1 Å². The van der Waals surface area contributed by atoms with Gasteiger partial charge in [-0.3, -0.25) is 4.79 Å². The zero-order valence-corrected chi connectivity index (χ0v) is 19.8. The third-order valence-corrected chi connectivity index (χ3v) is 6.29. The van der Waals surface area contributed by atoms with E-state index >= 15 is 0 Å². The number of benzene rings is 2. The minimum absolute atomic E-state index is 0. The summed E-state index contributed by atoms with van der Waals surface area (Å²) >= 11 is 12.3. The van der Waals surface area contributed by atoms with Gasteiger partial charge in [-0.15, -0.1) is 12.4 Å². The number of carbonyl (C=O) groups is 1. The molecule has 164 valence electrons. The first-order valence-electron chi connectivity index (χ1n) is 10.1. The number of ether oxygens (including phenoxy) is 1. The van der Waals surface area contributed by atoms with Gasteiger partial charge in [0.15, 0.2) is 0 Å². The third kappa shape index (κ3) is 6.27. The van der Waals surface area contributed by atoms with Crippen LogP contribution in [0.25, 0.3) is 0 Å². The summed E-state index contributed by atoms with van der Waals surface area (Å²) in [6.45, 7) is 4.88. The van der Waals surface area contributed by atoms with Crippen molar-refractivity contribution in [2.45, 2.75) is 38.6 Å². The molecule has 0 saturated carbocycles. The van der Waals surface area contributed by atoms with Crippen molar-refractivity contribution in [2.75, 3.05) is 31.6 Å². The quantitative estimate of drug-likeness (QED) is 0.506. The lowest BCUT2D eigenvalue weighted by molar-refractivity contribution is -0.119. The van der Waals surface area contributed by atoms with Crippen molar-refractivity contribution in [1.82, 2.24) is 4.90 Å². The lowest BCUT2D eigenvalue weighted by Crippen LogP contribution is -2.47. The van der Waals surface area contributed by atoms with E-state index in [1.165, 1.54) is 5.56 Å². The fourth-order valence-electron chi connectivity index (χ4n) is 3.84. The fourth-order valence-corrected chi connectivity index (χ4v) is 4.14. The van der Waals surface area contributed by atoms with Gasteiger partial charge < -0.3 is 14.5 Å². The van der Waals surface area contributed by atoms with Crippen LogP contribution in [0.4, 0.5) is 5.69 Å². The summed E-state index contributed by atoms with van der Waals surface area (Å²) in [4.78, 5) is 17.1. The van der Waals surface area contributed by atoms with Crippen LogP contribution in [0.1, 0.15) is 31.7 Å². The van der Waals surface area contributed by atoms with Crippen LogP contribution in [0.2, 0.25) is 10.0 Å². The van der Waals surface area contributed by atoms with Crippen molar-refractivity contribution in [3.8, 4) is 5.75 Å². The standard InChI is InChI=1S/C23H28Cl2N2O2.ClH/c1-3-23(28)27(19-6-9-21(24)22(25)16-19)18-11-14-26(15-12-18)13-10-17-4-7-20(29-2)8-5-17;/h4-9,16,18H,3,10-15H2,1-2H3;1H. The Kier molecular flexibility index (Phi) is 9.76. The minimum atomic E-state index is 0. The molecule has 0 bridgehead atoms. The molecule has 0 aliphatic carbocycles. The molecule has 7 heteroatoms. The number of amides is 1. The van der Waals surface area contributed by atoms with E-state index in [0.717, 1.165) is 50.3 Å². The molecular weight excluding hydrogens is 443 g/mol. The zero-order valence-electron chi connectivity index (χ0n) is 17.4. The molecule has 4 nitrogen and oxygen atoms in total. The van der Waals surface area contributed by atoms with Crippen molar-refractivity contribution in [1.29, 1.82) is 0 Å². The van der Waals surface area contributed by atoms with Gasteiger partial charge in [-0.05, 0) is 55.2 Å². The number of anilines is 1. The summed E-state index contributed by atoms with van der Waals surface area (Å²) in [6.07, 6.45) is 3.39. The number of carbonyl (C=O) groups excluding carboxylic acids is 1. The molecule has 2 aromatic carbocycles. The van der Waals surface area contributed by atoms with Crippen LogP contribution in [0.3, 0.4) is 0 Å². The summed E-state index contributed by atoms with van der Waals surface area (Å²) in [5.74, 6) is 1.01. The van der Waals surface area contributed by atoms with Crippen LogP contribution in [-0.4, -0.2) is 43.6 Å². The molecule has 0 N–H and O–H groups in total. The Labute approximate surface area is 195 Å². The monoisotopic (exact) mass is 470 g/mol. The molecule has 1 fully saturated rings. The van der Waals surface area contributed by atoms with E-state index in [1.807, 2.05) is 30.0 Å². The molecule has 2 aromatic rings. The molecular formula is C23H29Cl3N2O2. The summed E-state index contributed by atoms with van der Waals surface area (Å²) < 4.78 is 5.22. The number of rotatable bonds is 7. The van der Waals surface area contributed by atoms with E-state index in [9.17, 15) is 4.79 Å². The van der Waals surface area contributed by atoms with Gasteiger partial charge >= 0.3 is 0 Å². The highest BCUT2D eigenvalue weighted by molar-refractivity contribution is 6.42. The number of likely N-dealkylation sites (tertiary alicyclic amines) is 1. The van der Waals surface area contributed by atoms with Crippen molar-refractivity contribution in [2.24, 2.45) is 0 Å². The second-order valence-electron chi connectivity index (χ2n) is 7.39. The van der Waals surface area contributed by atoms with E-state index < -0.39 is 0 Å². The zero-order chi connectivity index (χ0) is 20.8. The molecule has 1 aliphatic heterocycles. The average molecular weight is 472 g/mol. The SMILES string of the molecule is CCC(=O)N(c1ccc(Cl)c(Cl)c1)C1CCN(CCc2ccc(OC)cc2)CC1.Cl. The molecule has 0 aromatic heterocycles.